The Kier molecular flexibility index (Phi) is 5.23. The molecule has 1 N–H and O–H groups in total. The number of non-ortho nitro benzene ring substituents is 1. The van der Waals surface area contributed by atoms with Gasteiger partial charge in [-0.05, 0) is 30.9 Å². The van der Waals surface area contributed by atoms with Crippen LogP contribution in [0.5, 0.6) is 0 Å². The highest BCUT2D eigenvalue weighted by molar-refractivity contribution is 7.98. The summed E-state index contributed by atoms with van der Waals surface area (Å²) in [7, 11) is 0. The fourth-order valence-corrected chi connectivity index (χ4v) is 2.34. The van der Waals surface area contributed by atoms with Gasteiger partial charge in [0, 0.05) is 12.6 Å². The number of benzene rings is 1. The van der Waals surface area contributed by atoms with Crippen LogP contribution in [0.1, 0.15) is 19.3 Å². The second kappa shape index (κ2) is 7.14. The Bertz CT molecular complexity index is 585. The minimum Gasteiger partial charge on any atom is -0.423 e. The Balaban J connectivity index is 1.89. The van der Waals surface area contributed by atoms with E-state index in [0.717, 1.165) is 13.0 Å². The first-order valence-corrected chi connectivity index (χ1v) is 7.88. The van der Waals surface area contributed by atoms with Crippen LogP contribution >= 0.6 is 11.8 Å². The van der Waals surface area contributed by atoms with Crippen molar-refractivity contribution in [2.24, 2.45) is 0 Å². The number of hydrogen-bond donors (Lipinski definition) is 1. The number of rotatable bonds is 8. The van der Waals surface area contributed by atoms with Crippen molar-refractivity contribution in [3.05, 3.63) is 28.3 Å². The van der Waals surface area contributed by atoms with Gasteiger partial charge in [0.15, 0.2) is 5.58 Å². The van der Waals surface area contributed by atoms with Gasteiger partial charge in [-0.25, -0.2) is 0 Å². The maximum Gasteiger partial charge on any atom is 0.295 e. The molecule has 0 aliphatic carbocycles. The van der Waals surface area contributed by atoms with E-state index in [2.05, 4.69) is 16.6 Å². The lowest BCUT2D eigenvalue weighted by molar-refractivity contribution is -0.384. The van der Waals surface area contributed by atoms with Crippen LogP contribution < -0.4 is 5.32 Å². The molecule has 0 unspecified atom stereocenters. The fourth-order valence-electron chi connectivity index (χ4n) is 1.85. The van der Waals surface area contributed by atoms with Crippen LogP contribution in [-0.4, -0.2) is 28.5 Å². The first-order chi connectivity index (χ1) is 9.70. The molecular formula is C13H17N3O3S. The summed E-state index contributed by atoms with van der Waals surface area (Å²) in [6.45, 7) is 0.795. The number of anilines is 1. The molecule has 108 valence electrons. The van der Waals surface area contributed by atoms with E-state index in [1.165, 1.54) is 30.7 Å². The molecule has 0 aliphatic heterocycles. The number of nitro groups is 1. The van der Waals surface area contributed by atoms with Crippen molar-refractivity contribution in [3.63, 3.8) is 0 Å². The number of hydrogen-bond acceptors (Lipinski definition) is 6. The van der Waals surface area contributed by atoms with Gasteiger partial charge in [0.1, 0.15) is 5.52 Å². The van der Waals surface area contributed by atoms with Crippen LogP contribution in [0, 0.1) is 10.1 Å². The minimum atomic E-state index is -0.444. The van der Waals surface area contributed by atoms with E-state index >= 15 is 0 Å². The molecule has 1 heterocycles. The van der Waals surface area contributed by atoms with E-state index in [-0.39, 0.29) is 5.69 Å². The van der Waals surface area contributed by atoms with Crippen molar-refractivity contribution >= 4 is 34.6 Å². The van der Waals surface area contributed by atoms with Crippen LogP contribution in [0.3, 0.4) is 0 Å². The van der Waals surface area contributed by atoms with Crippen molar-refractivity contribution in [1.29, 1.82) is 0 Å². The third-order valence-corrected chi connectivity index (χ3v) is 3.58. The standard InChI is InChI=1S/C13H17N3O3S/c1-20-8-4-2-3-7-14-13-15-11-6-5-10(16(17)18)9-12(11)19-13/h5-6,9H,2-4,7-8H2,1H3,(H,14,15). The molecule has 20 heavy (non-hydrogen) atoms. The van der Waals surface area contributed by atoms with Crippen LogP contribution in [0.25, 0.3) is 11.1 Å². The molecule has 1 aromatic carbocycles. The molecule has 2 aromatic rings. The Hall–Kier alpha value is -1.76. The zero-order chi connectivity index (χ0) is 14.4. The Morgan fingerprint density at radius 3 is 3.00 bits per heavy atom. The third-order valence-electron chi connectivity index (χ3n) is 2.88. The molecule has 1 aromatic heterocycles. The summed E-state index contributed by atoms with van der Waals surface area (Å²) in [6.07, 6.45) is 5.54. The summed E-state index contributed by atoms with van der Waals surface area (Å²) in [4.78, 5) is 14.5. The van der Waals surface area contributed by atoms with E-state index in [4.69, 9.17) is 4.42 Å². The summed E-state index contributed by atoms with van der Waals surface area (Å²) in [5.41, 5.74) is 1.07. The van der Waals surface area contributed by atoms with Crippen molar-refractivity contribution in [2.45, 2.75) is 19.3 Å². The van der Waals surface area contributed by atoms with Crippen molar-refractivity contribution in [3.8, 4) is 0 Å². The van der Waals surface area contributed by atoms with Gasteiger partial charge >= 0.3 is 0 Å². The largest absolute Gasteiger partial charge is 0.423 e. The molecule has 0 aliphatic rings. The average molecular weight is 295 g/mol. The smallest absolute Gasteiger partial charge is 0.295 e. The number of nitrogens with zero attached hydrogens (tertiary/aromatic N) is 2. The number of nitro benzene ring substituents is 1. The van der Waals surface area contributed by atoms with Gasteiger partial charge in [-0.15, -0.1) is 0 Å². The molecule has 7 heteroatoms. The zero-order valence-corrected chi connectivity index (χ0v) is 12.1. The monoisotopic (exact) mass is 295 g/mol. The predicted octanol–water partition coefficient (Wildman–Crippen LogP) is 3.68. The second-order valence-electron chi connectivity index (χ2n) is 4.41. The summed E-state index contributed by atoms with van der Waals surface area (Å²) in [5.74, 6) is 1.19. The van der Waals surface area contributed by atoms with E-state index in [0.29, 0.717) is 17.1 Å². The molecular weight excluding hydrogens is 278 g/mol. The summed E-state index contributed by atoms with van der Waals surface area (Å²) < 4.78 is 5.46. The summed E-state index contributed by atoms with van der Waals surface area (Å²) in [6, 6.07) is 4.84. The first-order valence-electron chi connectivity index (χ1n) is 6.48. The van der Waals surface area contributed by atoms with Crippen LogP contribution in [-0.2, 0) is 0 Å². The van der Waals surface area contributed by atoms with Crippen molar-refractivity contribution in [2.75, 3.05) is 23.9 Å². The Morgan fingerprint density at radius 2 is 2.25 bits per heavy atom. The molecule has 0 fully saturated rings. The number of thioether (sulfide) groups is 1. The molecule has 0 bridgehead atoms. The van der Waals surface area contributed by atoms with Crippen LogP contribution in [0.15, 0.2) is 22.6 Å². The quantitative estimate of drug-likeness (QED) is 0.454. The summed E-state index contributed by atoms with van der Waals surface area (Å²) >= 11 is 1.86. The maximum atomic E-state index is 10.7. The topological polar surface area (TPSA) is 81.2 Å². The minimum absolute atomic E-state index is 0.0114. The Morgan fingerprint density at radius 1 is 1.40 bits per heavy atom. The van der Waals surface area contributed by atoms with Gasteiger partial charge in [-0.2, -0.15) is 16.7 Å². The molecule has 0 saturated heterocycles. The molecule has 0 atom stereocenters. The predicted molar refractivity (Wildman–Crippen MR) is 81.4 cm³/mol. The molecule has 0 amide bonds. The Labute approximate surface area is 121 Å². The molecule has 0 radical (unpaired) electrons. The van der Waals surface area contributed by atoms with Crippen molar-refractivity contribution in [1.82, 2.24) is 4.98 Å². The lowest BCUT2D eigenvalue weighted by Crippen LogP contribution is -2.01. The van der Waals surface area contributed by atoms with E-state index in [9.17, 15) is 10.1 Å². The SMILES string of the molecule is CSCCCCCNc1nc2ccc([N+](=O)[O-])cc2o1. The highest BCUT2D eigenvalue weighted by Crippen LogP contribution is 2.23. The molecule has 6 nitrogen and oxygen atoms in total. The zero-order valence-electron chi connectivity index (χ0n) is 11.3. The van der Waals surface area contributed by atoms with Gasteiger partial charge in [0.25, 0.3) is 11.7 Å². The second-order valence-corrected chi connectivity index (χ2v) is 5.39. The molecule has 2 rings (SSSR count). The number of oxazole rings is 1. The fraction of sp³-hybridized carbons (Fsp3) is 0.462. The highest BCUT2D eigenvalue weighted by Gasteiger charge is 2.11. The highest BCUT2D eigenvalue weighted by atomic mass is 32.2. The first kappa shape index (κ1) is 14.6. The lowest BCUT2D eigenvalue weighted by atomic mass is 10.2. The van der Waals surface area contributed by atoms with Gasteiger partial charge in [0.05, 0.1) is 11.0 Å². The third kappa shape index (κ3) is 3.86. The lowest BCUT2D eigenvalue weighted by Gasteiger charge is -2.00. The molecule has 0 saturated carbocycles. The van der Waals surface area contributed by atoms with Crippen LogP contribution in [0.4, 0.5) is 11.7 Å². The van der Waals surface area contributed by atoms with Gasteiger partial charge in [-0.3, -0.25) is 10.1 Å². The number of fused-ring (bicyclic) bond motifs is 1. The van der Waals surface area contributed by atoms with Gasteiger partial charge in [0.2, 0.25) is 0 Å². The maximum absolute atomic E-state index is 10.7. The normalized spacial score (nSPS) is 10.8. The van der Waals surface area contributed by atoms with Crippen molar-refractivity contribution < 1.29 is 9.34 Å². The average Bonchev–Trinajstić information content (AvgIpc) is 2.84. The number of unbranched alkanes of at least 4 members (excludes halogenated alkanes) is 2. The number of aromatic nitrogens is 1. The summed E-state index contributed by atoms with van der Waals surface area (Å²) in [5, 5.41) is 13.8. The number of nitrogens with one attached hydrogen (secondary N) is 1. The van der Waals surface area contributed by atoms with E-state index in [1.54, 1.807) is 6.07 Å². The molecule has 0 spiro atoms. The van der Waals surface area contributed by atoms with E-state index in [1.807, 2.05) is 11.8 Å². The van der Waals surface area contributed by atoms with Crippen LogP contribution in [0.2, 0.25) is 0 Å². The van der Waals surface area contributed by atoms with E-state index < -0.39 is 4.92 Å². The van der Waals surface area contributed by atoms with Gasteiger partial charge in [-0.1, -0.05) is 6.42 Å². The van der Waals surface area contributed by atoms with Gasteiger partial charge < -0.3 is 9.73 Å².